The second-order valence-corrected chi connectivity index (χ2v) is 8.03. The second kappa shape index (κ2) is 9.03. The van der Waals surface area contributed by atoms with Crippen molar-refractivity contribution in [1.82, 2.24) is 10.3 Å². The standard InChI is InChI=1S/C24H30N4O/c1-18-11-14-28(15-12-18)21-8-6-20(7-9-21)26-17-24(29)25-13-10-19-16-27-23-5-3-2-4-22(19)23/h2-9,16,18,26-27H,10-15,17H2,1H3,(H,25,29). The Balaban J connectivity index is 1.20. The van der Waals surface area contributed by atoms with Crippen LogP contribution >= 0.6 is 0 Å². The van der Waals surface area contributed by atoms with E-state index in [1.54, 1.807) is 0 Å². The Labute approximate surface area is 172 Å². The number of fused-ring (bicyclic) bond motifs is 1. The quantitative estimate of drug-likeness (QED) is 0.567. The molecule has 5 nitrogen and oxygen atoms in total. The van der Waals surface area contributed by atoms with Crippen molar-refractivity contribution in [2.75, 3.05) is 36.4 Å². The van der Waals surface area contributed by atoms with Crippen molar-refractivity contribution in [3.8, 4) is 0 Å². The molecule has 3 N–H and O–H groups in total. The van der Waals surface area contributed by atoms with Crippen LogP contribution in [0, 0.1) is 5.92 Å². The normalized spacial score (nSPS) is 14.9. The molecule has 1 aliphatic heterocycles. The van der Waals surface area contributed by atoms with Gasteiger partial charge in [0.05, 0.1) is 6.54 Å². The number of hydrogen-bond donors (Lipinski definition) is 3. The lowest BCUT2D eigenvalue weighted by molar-refractivity contribution is -0.119. The summed E-state index contributed by atoms with van der Waals surface area (Å²) in [5, 5.41) is 7.44. The summed E-state index contributed by atoms with van der Waals surface area (Å²) in [7, 11) is 0. The first-order chi connectivity index (χ1) is 14.2. The van der Waals surface area contributed by atoms with Gasteiger partial charge >= 0.3 is 0 Å². The largest absolute Gasteiger partial charge is 0.376 e. The second-order valence-electron chi connectivity index (χ2n) is 8.03. The van der Waals surface area contributed by atoms with Gasteiger partial charge in [0.25, 0.3) is 0 Å². The summed E-state index contributed by atoms with van der Waals surface area (Å²) in [4.78, 5) is 17.9. The number of para-hydroxylation sites is 1. The van der Waals surface area contributed by atoms with E-state index < -0.39 is 0 Å². The summed E-state index contributed by atoms with van der Waals surface area (Å²) in [6.07, 6.45) is 5.37. The maximum absolute atomic E-state index is 12.2. The first kappa shape index (κ1) is 19.4. The van der Waals surface area contributed by atoms with Gasteiger partial charge in [-0.15, -0.1) is 0 Å². The fraction of sp³-hybridized carbons (Fsp3) is 0.375. The number of anilines is 2. The Morgan fingerprint density at radius 1 is 1.10 bits per heavy atom. The average Bonchev–Trinajstić information content (AvgIpc) is 3.16. The number of rotatable bonds is 7. The fourth-order valence-electron chi connectivity index (χ4n) is 3.98. The Bertz CT molecular complexity index is 939. The predicted molar refractivity (Wildman–Crippen MR) is 121 cm³/mol. The molecule has 1 fully saturated rings. The number of benzene rings is 2. The van der Waals surface area contributed by atoms with E-state index in [0.29, 0.717) is 6.54 Å². The number of piperidine rings is 1. The topological polar surface area (TPSA) is 60.2 Å². The van der Waals surface area contributed by atoms with Crippen molar-refractivity contribution in [3.05, 3.63) is 60.3 Å². The molecule has 2 aromatic carbocycles. The molecule has 2 heterocycles. The van der Waals surface area contributed by atoms with Crippen LogP contribution in [0.5, 0.6) is 0 Å². The summed E-state index contributed by atoms with van der Waals surface area (Å²) < 4.78 is 0. The molecule has 0 radical (unpaired) electrons. The minimum atomic E-state index is 0.0129. The van der Waals surface area contributed by atoms with Gasteiger partial charge in [-0.1, -0.05) is 25.1 Å². The van der Waals surface area contributed by atoms with Crippen LogP contribution in [0.4, 0.5) is 11.4 Å². The zero-order valence-corrected chi connectivity index (χ0v) is 17.1. The van der Waals surface area contributed by atoms with Gasteiger partial charge < -0.3 is 20.5 Å². The molecule has 152 valence electrons. The molecular weight excluding hydrogens is 360 g/mol. The first-order valence-corrected chi connectivity index (χ1v) is 10.6. The van der Waals surface area contributed by atoms with Crippen molar-refractivity contribution < 1.29 is 4.79 Å². The molecule has 0 spiro atoms. The van der Waals surface area contributed by atoms with E-state index in [1.165, 1.54) is 29.5 Å². The fourth-order valence-corrected chi connectivity index (χ4v) is 3.98. The number of carbonyl (C=O) groups is 1. The molecule has 1 amide bonds. The van der Waals surface area contributed by atoms with Crippen LogP contribution in [0.1, 0.15) is 25.3 Å². The Morgan fingerprint density at radius 3 is 2.66 bits per heavy atom. The summed E-state index contributed by atoms with van der Waals surface area (Å²) in [6.45, 7) is 5.51. The SMILES string of the molecule is CC1CCN(c2ccc(NCC(=O)NCCc3c[nH]c4ccccc34)cc2)CC1. The molecule has 3 aromatic rings. The van der Waals surface area contributed by atoms with E-state index >= 15 is 0 Å². The van der Waals surface area contributed by atoms with Crippen LogP contribution in [-0.4, -0.2) is 37.1 Å². The van der Waals surface area contributed by atoms with Crippen molar-refractivity contribution in [2.45, 2.75) is 26.2 Å². The highest BCUT2D eigenvalue weighted by atomic mass is 16.1. The highest BCUT2D eigenvalue weighted by molar-refractivity contribution is 5.83. The number of amides is 1. The Hall–Kier alpha value is -2.95. The van der Waals surface area contributed by atoms with E-state index in [2.05, 4.69) is 63.8 Å². The zero-order valence-electron chi connectivity index (χ0n) is 17.1. The predicted octanol–water partition coefficient (Wildman–Crippen LogP) is 4.18. The highest BCUT2D eigenvalue weighted by Gasteiger charge is 2.15. The van der Waals surface area contributed by atoms with E-state index in [-0.39, 0.29) is 12.5 Å². The number of H-pyrrole nitrogens is 1. The lowest BCUT2D eigenvalue weighted by Crippen LogP contribution is -2.32. The van der Waals surface area contributed by atoms with Crippen LogP contribution in [0.3, 0.4) is 0 Å². The number of hydrogen-bond acceptors (Lipinski definition) is 3. The summed E-state index contributed by atoms with van der Waals surface area (Å²) in [5.74, 6) is 0.848. The lowest BCUT2D eigenvalue weighted by Gasteiger charge is -2.32. The van der Waals surface area contributed by atoms with E-state index in [0.717, 1.165) is 36.6 Å². The van der Waals surface area contributed by atoms with Gasteiger partial charge in [0.1, 0.15) is 0 Å². The summed E-state index contributed by atoms with van der Waals surface area (Å²) in [6, 6.07) is 16.7. The van der Waals surface area contributed by atoms with Crippen molar-refractivity contribution in [2.24, 2.45) is 5.92 Å². The molecule has 0 aliphatic carbocycles. The third kappa shape index (κ3) is 4.91. The van der Waals surface area contributed by atoms with Gasteiger partial charge in [0, 0.05) is 48.1 Å². The van der Waals surface area contributed by atoms with Gasteiger partial charge in [-0.25, -0.2) is 0 Å². The number of nitrogens with zero attached hydrogens (tertiary/aromatic N) is 1. The molecule has 4 rings (SSSR count). The first-order valence-electron chi connectivity index (χ1n) is 10.6. The number of nitrogens with one attached hydrogen (secondary N) is 3. The van der Waals surface area contributed by atoms with Crippen LogP contribution in [0.25, 0.3) is 10.9 Å². The molecule has 0 atom stereocenters. The number of aromatic nitrogens is 1. The van der Waals surface area contributed by atoms with Gasteiger partial charge in [-0.3, -0.25) is 4.79 Å². The number of carbonyl (C=O) groups excluding carboxylic acids is 1. The van der Waals surface area contributed by atoms with Gasteiger partial charge in [-0.2, -0.15) is 0 Å². The van der Waals surface area contributed by atoms with E-state index in [9.17, 15) is 4.79 Å². The minimum absolute atomic E-state index is 0.0129. The third-order valence-electron chi connectivity index (χ3n) is 5.86. The van der Waals surface area contributed by atoms with Crippen LogP contribution < -0.4 is 15.5 Å². The summed E-state index contributed by atoms with van der Waals surface area (Å²) in [5.41, 5.74) is 4.62. The third-order valence-corrected chi connectivity index (χ3v) is 5.86. The molecule has 5 heteroatoms. The summed E-state index contributed by atoms with van der Waals surface area (Å²) >= 11 is 0. The van der Waals surface area contributed by atoms with Gasteiger partial charge in [-0.05, 0) is 61.1 Å². The minimum Gasteiger partial charge on any atom is -0.376 e. The maximum Gasteiger partial charge on any atom is 0.239 e. The van der Waals surface area contributed by atoms with Crippen LogP contribution in [0.15, 0.2) is 54.7 Å². The molecule has 1 aromatic heterocycles. The van der Waals surface area contributed by atoms with Crippen molar-refractivity contribution in [3.63, 3.8) is 0 Å². The monoisotopic (exact) mass is 390 g/mol. The van der Waals surface area contributed by atoms with Gasteiger partial charge in [0.15, 0.2) is 0 Å². The van der Waals surface area contributed by atoms with Crippen LogP contribution in [0.2, 0.25) is 0 Å². The van der Waals surface area contributed by atoms with E-state index in [1.807, 2.05) is 18.3 Å². The molecule has 0 saturated carbocycles. The molecule has 29 heavy (non-hydrogen) atoms. The highest BCUT2D eigenvalue weighted by Crippen LogP contribution is 2.24. The van der Waals surface area contributed by atoms with Crippen LogP contribution in [-0.2, 0) is 11.2 Å². The molecule has 1 aliphatic rings. The zero-order chi connectivity index (χ0) is 20.1. The molecular formula is C24H30N4O. The number of aromatic amines is 1. The average molecular weight is 391 g/mol. The van der Waals surface area contributed by atoms with Crippen molar-refractivity contribution in [1.29, 1.82) is 0 Å². The van der Waals surface area contributed by atoms with Gasteiger partial charge in [0.2, 0.25) is 5.91 Å². The maximum atomic E-state index is 12.2. The molecule has 0 bridgehead atoms. The Kier molecular flexibility index (Phi) is 6.03. The van der Waals surface area contributed by atoms with E-state index in [4.69, 9.17) is 0 Å². The molecule has 1 saturated heterocycles. The lowest BCUT2D eigenvalue weighted by atomic mass is 9.99. The molecule has 0 unspecified atom stereocenters. The smallest absolute Gasteiger partial charge is 0.239 e. The van der Waals surface area contributed by atoms with Crippen molar-refractivity contribution >= 4 is 28.2 Å². The Morgan fingerprint density at radius 2 is 1.86 bits per heavy atom.